The maximum Gasteiger partial charge on any atom is 0.241 e. The van der Waals surface area contributed by atoms with Crippen LogP contribution >= 0.6 is 0 Å². The molecule has 2 aromatic carbocycles. The first kappa shape index (κ1) is 29.3. The van der Waals surface area contributed by atoms with Crippen LogP contribution in [0.1, 0.15) is 54.7 Å². The Hall–Kier alpha value is -4.74. The number of ketones is 1. The monoisotopic (exact) mass is 597 g/mol. The van der Waals surface area contributed by atoms with Gasteiger partial charge >= 0.3 is 0 Å². The molecule has 6 rings (SSSR count). The minimum absolute atomic E-state index is 0.00656. The number of hydrogen-bond acceptors (Lipinski definition) is 8. The SMILES string of the molecule is C[C@](O)(CCC(=O)c1cc(NC(=O)[C@@H]2CCN2)c2ncccc2c1)c1cc2c(c(-c3ccc(F)cc3)n1)OC[C@]2(C)C(N)=O. The molecule has 0 unspecified atom stereocenters. The number of halogens is 1. The molecule has 4 aromatic rings. The van der Waals surface area contributed by atoms with Crippen LogP contribution in [0.15, 0.2) is 60.8 Å². The highest BCUT2D eigenvalue weighted by Crippen LogP contribution is 2.46. The molecule has 11 heteroatoms. The molecule has 5 N–H and O–H groups in total. The summed E-state index contributed by atoms with van der Waals surface area (Å²) < 4.78 is 19.6. The number of benzene rings is 2. The highest BCUT2D eigenvalue weighted by Gasteiger charge is 2.45. The summed E-state index contributed by atoms with van der Waals surface area (Å²) in [5, 5.41) is 18.3. The number of pyridine rings is 2. The maximum absolute atomic E-state index is 13.7. The molecule has 0 saturated carbocycles. The Balaban J connectivity index is 1.30. The van der Waals surface area contributed by atoms with Gasteiger partial charge in [0.25, 0.3) is 0 Å². The molecule has 0 aliphatic carbocycles. The normalized spacial score (nSPS) is 20.2. The summed E-state index contributed by atoms with van der Waals surface area (Å²) >= 11 is 0. The summed E-state index contributed by atoms with van der Waals surface area (Å²) in [6.07, 6.45) is 2.30. The minimum atomic E-state index is -1.61. The van der Waals surface area contributed by atoms with Crippen molar-refractivity contribution in [3.63, 3.8) is 0 Å². The number of amides is 2. The van der Waals surface area contributed by atoms with E-state index in [4.69, 9.17) is 10.5 Å². The molecule has 2 amide bonds. The number of Topliss-reactive ketones (excluding diaryl/α,β-unsaturated/α-hetero) is 1. The van der Waals surface area contributed by atoms with Gasteiger partial charge in [-0.3, -0.25) is 19.4 Å². The Morgan fingerprint density at radius 2 is 1.95 bits per heavy atom. The molecule has 1 fully saturated rings. The lowest BCUT2D eigenvalue weighted by molar-refractivity contribution is -0.123. The summed E-state index contributed by atoms with van der Waals surface area (Å²) in [7, 11) is 0. The molecule has 1 saturated heterocycles. The average molecular weight is 598 g/mol. The number of nitrogens with one attached hydrogen (secondary N) is 2. The van der Waals surface area contributed by atoms with E-state index in [1.807, 2.05) is 6.07 Å². The second kappa shape index (κ2) is 11.1. The topological polar surface area (TPSA) is 157 Å². The number of aromatic nitrogens is 2. The number of hydrogen-bond donors (Lipinski definition) is 4. The average Bonchev–Trinajstić information content (AvgIpc) is 3.33. The fourth-order valence-corrected chi connectivity index (χ4v) is 5.48. The van der Waals surface area contributed by atoms with E-state index in [9.17, 15) is 23.9 Å². The zero-order chi connectivity index (χ0) is 31.2. The largest absolute Gasteiger partial charge is 0.489 e. The number of aliphatic hydroxyl groups is 1. The molecule has 226 valence electrons. The molecule has 10 nitrogen and oxygen atoms in total. The number of primary amides is 1. The summed E-state index contributed by atoms with van der Waals surface area (Å²) in [5.41, 5.74) is 5.88. The lowest BCUT2D eigenvalue weighted by Crippen LogP contribution is -2.50. The van der Waals surface area contributed by atoms with Gasteiger partial charge in [0, 0.05) is 34.7 Å². The number of carbonyl (C=O) groups excluding carboxylic acids is 3. The van der Waals surface area contributed by atoms with Crippen molar-refractivity contribution in [1.29, 1.82) is 0 Å². The third kappa shape index (κ3) is 5.29. The Labute approximate surface area is 252 Å². The van der Waals surface area contributed by atoms with Crippen LogP contribution in [0.3, 0.4) is 0 Å². The van der Waals surface area contributed by atoms with E-state index in [-0.39, 0.29) is 42.9 Å². The van der Waals surface area contributed by atoms with Gasteiger partial charge in [-0.05, 0) is 81.8 Å². The van der Waals surface area contributed by atoms with E-state index in [2.05, 4.69) is 20.6 Å². The van der Waals surface area contributed by atoms with Gasteiger partial charge in [0.15, 0.2) is 5.78 Å². The predicted octanol–water partition coefficient (Wildman–Crippen LogP) is 3.74. The van der Waals surface area contributed by atoms with Crippen LogP contribution in [0.2, 0.25) is 0 Å². The molecule has 0 bridgehead atoms. The maximum atomic E-state index is 13.7. The van der Waals surface area contributed by atoms with Crippen molar-refractivity contribution in [2.75, 3.05) is 18.5 Å². The molecule has 0 radical (unpaired) electrons. The van der Waals surface area contributed by atoms with Crippen LogP contribution < -0.4 is 21.1 Å². The first-order valence-corrected chi connectivity index (χ1v) is 14.4. The zero-order valence-electron chi connectivity index (χ0n) is 24.3. The number of anilines is 1. The van der Waals surface area contributed by atoms with E-state index in [0.717, 1.165) is 13.0 Å². The quantitative estimate of drug-likeness (QED) is 0.213. The second-order valence-electron chi connectivity index (χ2n) is 11.8. The van der Waals surface area contributed by atoms with Crippen LogP contribution in [0.4, 0.5) is 10.1 Å². The van der Waals surface area contributed by atoms with Crippen molar-refractivity contribution in [1.82, 2.24) is 15.3 Å². The van der Waals surface area contributed by atoms with Crippen molar-refractivity contribution in [3.05, 3.63) is 83.4 Å². The van der Waals surface area contributed by atoms with Crippen molar-refractivity contribution in [2.24, 2.45) is 5.73 Å². The highest BCUT2D eigenvalue weighted by molar-refractivity contribution is 6.07. The predicted molar refractivity (Wildman–Crippen MR) is 162 cm³/mol. The Morgan fingerprint density at radius 3 is 2.64 bits per heavy atom. The lowest BCUT2D eigenvalue weighted by atomic mass is 9.81. The second-order valence-corrected chi connectivity index (χ2v) is 11.8. The van der Waals surface area contributed by atoms with E-state index < -0.39 is 22.7 Å². The number of fused-ring (bicyclic) bond motifs is 2. The highest BCUT2D eigenvalue weighted by atomic mass is 19.1. The van der Waals surface area contributed by atoms with Crippen LogP contribution in [0.25, 0.3) is 22.2 Å². The van der Waals surface area contributed by atoms with Crippen LogP contribution in [0, 0.1) is 5.82 Å². The number of ether oxygens (including phenoxy) is 1. The fraction of sp³-hybridized carbons (Fsp3) is 0.303. The van der Waals surface area contributed by atoms with E-state index in [0.29, 0.717) is 44.7 Å². The molecule has 2 aliphatic rings. The van der Waals surface area contributed by atoms with Gasteiger partial charge in [-0.15, -0.1) is 0 Å². The third-order valence-corrected chi connectivity index (χ3v) is 8.55. The van der Waals surface area contributed by atoms with E-state index in [1.165, 1.54) is 24.3 Å². The van der Waals surface area contributed by atoms with Crippen molar-refractivity contribution in [2.45, 2.75) is 50.2 Å². The Kier molecular flexibility index (Phi) is 7.38. The number of nitrogens with two attached hydrogens (primary N) is 1. The van der Waals surface area contributed by atoms with Crippen molar-refractivity contribution in [3.8, 4) is 17.0 Å². The van der Waals surface area contributed by atoms with Gasteiger partial charge in [0.2, 0.25) is 11.8 Å². The molecule has 2 aromatic heterocycles. The standard InChI is InChI=1S/C33H32FN5O5/c1-32(31(35)42)17-44-29-22(32)16-26(39-28(29)18-5-7-21(34)8-6-18)33(2,43)11-9-25(40)20-14-19-4-3-12-37-27(19)24(15-20)38-30(41)23-10-13-36-23/h3-8,12,14-16,23,36,43H,9-11,13,17H2,1-2H3,(H2,35,42)(H,38,41)/t23-,32-,33-/m0/s1. The lowest BCUT2D eigenvalue weighted by Gasteiger charge is -2.26. The van der Waals surface area contributed by atoms with Gasteiger partial charge < -0.3 is 26.2 Å². The van der Waals surface area contributed by atoms with Gasteiger partial charge in [0.1, 0.15) is 34.9 Å². The van der Waals surface area contributed by atoms with E-state index in [1.54, 1.807) is 44.3 Å². The van der Waals surface area contributed by atoms with E-state index >= 15 is 0 Å². The third-order valence-electron chi connectivity index (χ3n) is 8.55. The summed E-state index contributed by atoms with van der Waals surface area (Å²) in [5.74, 6) is -1.14. The van der Waals surface area contributed by atoms with Crippen LogP contribution in [0.5, 0.6) is 5.75 Å². The molecule has 4 heterocycles. The minimum Gasteiger partial charge on any atom is -0.489 e. The molecular weight excluding hydrogens is 565 g/mol. The Morgan fingerprint density at radius 1 is 1.20 bits per heavy atom. The zero-order valence-corrected chi connectivity index (χ0v) is 24.3. The molecule has 44 heavy (non-hydrogen) atoms. The van der Waals surface area contributed by atoms with Crippen molar-refractivity contribution < 1.29 is 28.6 Å². The summed E-state index contributed by atoms with van der Waals surface area (Å²) in [4.78, 5) is 47.7. The first-order chi connectivity index (χ1) is 21.0. The molecule has 3 atom stereocenters. The van der Waals surface area contributed by atoms with Crippen LogP contribution in [-0.2, 0) is 20.6 Å². The van der Waals surface area contributed by atoms with Gasteiger partial charge in [-0.2, -0.15) is 0 Å². The number of rotatable bonds is 9. The molecule has 2 aliphatic heterocycles. The van der Waals surface area contributed by atoms with Gasteiger partial charge in [0.05, 0.1) is 22.9 Å². The fourth-order valence-electron chi connectivity index (χ4n) is 5.48. The van der Waals surface area contributed by atoms with Gasteiger partial charge in [-0.25, -0.2) is 9.37 Å². The smallest absolute Gasteiger partial charge is 0.241 e. The first-order valence-electron chi connectivity index (χ1n) is 14.4. The summed E-state index contributed by atoms with van der Waals surface area (Å²) in [6, 6.07) is 13.8. The number of nitrogens with zero attached hydrogens (tertiary/aromatic N) is 2. The van der Waals surface area contributed by atoms with Crippen LogP contribution in [-0.4, -0.2) is 51.9 Å². The number of carbonyl (C=O) groups is 3. The molecular formula is C33H32FN5O5. The van der Waals surface area contributed by atoms with Gasteiger partial charge in [-0.1, -0.05) is 6.07 Å². The molecule has 0 spiro atoms. The Bertz CT molecular complexity index is 1800. The van der Waals surface area contributed by atoms with Crippen molar-refractivity contribution >= 4 is 34.2 Å². The summed E-state index contributed by atoms with van der Waals surface area (Å²) in [6.45, 7) is 3.96.